The van der Waals surface area contributed by atoms with E-state index < -0.39 is 6.10 Å². The minimum absolute atomic E-state index is 0.0262. The standard InChI is InChI=1S/C34H43ClN2O2/c1-9-29(39-30-18-15-24(33(4,5)10-2)21-26(30)34(6,7)11-3)32(38)36-25-16-17-28-23(20-25)19-22-13-12-14-27(35)31(22)37(28)8/h12-21,29,31H,9-11H2,1-8H3,(H,36,38). The lowest BCUT2D eigenvalue weighted by molar-refractivity contribution is -0.122. The van der Waals surface area contributed by atoms with Crippen LogP contribution in [0.3, 0.4) is 0 Å². The summed E-state index contributed by atoms with van der Waals surface area (Å²) >= 11 is 6.51. The highest BCUT2D eigenvalue weighted by atomic mass is 35.5. The Morgan fingerprint density at radius 2 is 1.77 bits per heavy atom. The van der Waals surface area contributed by atoms with Crippen molar-refractivity contribution in [1.29, 1.82) is 0 Å². The van der Waals surface area contributed by atoms with Gasteiger partial charge in [-0.25, -0.2) is 0 Å². The van der Waals surface area contributed by atoms with Gasteiger partial charge in [0.15, 0.2) is 6.10 Å². The molecular formula is C34H43ClN2O2. The molecule has 2 atom stereocenters. The smallest absolute Gasteiger partial charge is 0.265 e. The summed E-state index contributed by atoms with van der Waals surface area (Å²) in [6, 6.07) is 12.5. The van der Waals surface area contributed by atoms with Gasteiger partial charge in [0.05, 0.1) is 6.04 Å². The average molecular weight is 547 g/mol. The fraction of sp³-hybridized carbons (Fsp3) is 0.441. The fourth-order valence-corrected chi connectivity index (χ4v) is 5.54. The molecule has 208 valence electrons. The van der Waals surface area contributed by atoms with E-state index in [0.717, 1.165) is 51.7 Å². The molecule has 1 N–H and O–H groups in total. The Balaban J connectivity index is 1.58. The molecule has 1 aliphatic heterocycles. The predicted molar refractivity (Wildman–Crippen MR) is 166 cm³/mol. The molecule has 0 saturated carbocycles. The molecule has 4 nitrogen and oxygen atoms in total. The molecule has 1 amide bonds. The van der Waals surface area contributed by atoms with Crippen molar-refractivity contribution in [3.8, 4) is 5.75 Å². The molecule has 2 aromatic rings. The molecule has 2 unspecified atom stereocenters. The van der Waals surface area contributed by atoms with Crippen LogP contribution < -0.4 is 15.0 Å². The molecule has 1 aliphatic carbocycles. The number of allylic oxidation sites excluding steroid dienone is 2. The molecular weight excluding hydrogens is 504 g/mol. The molecule has 4 rings (SSSR count). The molecule has 0 spiro atoms. The van der Waals surface area contributed by atoms with Gasteiger partial charge in [-0.05, 0) is 77.6 Å². The van der Waals surface area contributed by atoms with Crippen molar-refractivity contribution in [3.05, 3.63) is 81.9 Å². The number of likely N-dealkylation sites (N-methyl/N-ethyl adjacent to an activating group) is 1. The highest BCUT2D eigenvalue weighted by Crippen LogP contribution is 2.40. The third-order valence-electron chi connectivity index (χ3n) is 8.70. The minimum atomic E-state index is -0.604. The Labute approximate surface area is 239 Å². The summed E-state index contributed by atoms with van der Waals surface area (Å²) in [4.78, 5) is 15.6. The first-order chi connectivity index (χ1) is 18.4. The van der Waals surface area contributed by atoms with Crippen LogP contribution in [-0.4, -0.2) is 25.1 Å². The number of carbonyl (C=O) groups excluding carboxylic acids is 1. The van der Waals surface area contributed by atoms with Crippen molar-refractivity contribution in [3.63, 3.8) is 0 Å². The Morgan fingerprint density at radius 1 is 1.05 bits per heavy atom. The third-order valence-corrected chi connectivity index (χ3v) is 9.03. The molecule has 0 radical (unpaired) electrons. The summed E-state index contributed by atoms with van der Waals surface area (Å²) in [5.41, 5.74) is 6.46. The highest BCUT2D eigenvalue weighted by Gasteiger charge is 2.30. The molecule has 39 heavy (non-hydrogen) atoms. The summed E-state index contributed by atoms with van der Waals surface area (Å²) in [5.74, 6) is 0.644. The maximum Gasteiger partial charge on any atom is 0.265 e. The fourth-order valence-electron chi connectivity index (χ4n) is 5.19. The minimum Gasteiger partial charge on any atom is -0.480 e. The Morgan fingerprint density at radius 3 is 2.44 bits per heavy atom. The first-order valence-corrected chi connectivity index (χ1v) is 14.5. The zero-order valence-electron chi connectivity index (χ0n) is 24.7. The van der Waals surface area contributed by atoms with Gasteiger partial charge in [0.2, 0.25) is 0 Å². The van der Waals surface area contributed by atoms with Gasteiger partial charge < -0.3 is 15.0 Å². The van der Waals surface area contributed by atoms with Crippen molar-refractivity contribution >= 4 is 35.0 Å². The summed E-state index contributed by atoms with van der Waals surface area (Å²) < 4.78 is 6.47. The second-order valence-electron chi connectivity index (χ2n) is 12.0. The van der Waals surface area contributed by atoms with E-state index in [1.165, 1.54) is 5.56 Å². The number of hydrogen-bond acceptors (Lipinski definition) is 3. The number of benzene rings is 2. The third kappa shape index (κ3) is 5.82. The number of rotatable bonds is 9. The van der Waals surface area contributed by atoms with Crippen molar-refractivity contribution in [2.45, 2.75) is 90.7 Å². The number of carbonyl (C=O) groups is 1. The van der Waals surface area contributed by atoms with E-state index in [4.69, 9.17) is 16.3 Å². The van der Waals surface area contributed by atoms with Gasteiger partial charge in [-0.15, -0.1) is 0 Å². The van der Waals surface area contributed by atoms with Crippen LogP contribution in [0.25, 0.3) is 6.08 Å². The van der Waals surface area contributed by atoms with Gasteiger partial charge in [0, 0.05) is 34.6 Å². The average Bonchev–Trinajstić information content (AvgIpc) is 2.91. The lowest BCUT2D eigenvalue weighted by Gasteiger charge is -2.37. The maximum absolute atomic E-state index is 13.5. The van der Waals surface area contributed by atoms with Gasteiger partial charge in [0.1, 0.15) is 5.75 Å². The Bertz CT molecular complexity index is 1330. The Kier molecular flexibility index (Phi) is 8.37. The number of fused-ring (bicyclic) bond motifs is 2. The van der Waals surface area contributed by atoms with Crippen LogP contribution in [0.2, 0.25) is 0 Å². The molecule has 0 fully saturated rings. The lowest BCUT2D eigenvalue weighted by atomic mass is 9.76. The highest BCUT2D eigenvalue weighted by molar-refractivity contribution is 6.31. The van der Waals surface area contributed by atoms with Crippen LogP contribution in [-0.2, 0) is 15.6 Å². The summed E-state index contributed by atoms with van der Waals surface area (Å²) in [5, 5.41) is 3.91. The summed E-state index contributed by atoms with van der Waals surface area (Å²) in [6.45, 7) is 15.4. The van der Waals surface area contributed by atoms with Crippen LogP contribution in [0.4, 0.5) is 11.4 Å². The number of hydrogen-bond donors (Lipinski definition) is 1. The second-order valence-corrected chi connectivity index (χ2v) is 12.5. The second kappa shape index (κ2) is 11.3. The quantitative estimate of drug-likeness (QED) is 0.342. The molecule has 1 heterocycles. The normalized spacial score (nSPS) is 17.6. The molecule has 2 aliphatic rings. The maximum atomic E-state index is 13.5. The Hall–Kier alpha value is -2.98. The summed E-state index contributed by atoms with van der Waals surface area (Å²) in [6.07, 6.45) is 10.1. The molecule has 2 aromatic carbocycles. The monoisotopic (exact) mass is 546 g/mol. The van der Waals surface area contributed by atoms with Crippen LogP contribution in [0.15, 0.2) is 65.2 Å². The number of amides is 1. The van der Waals surface area contributed by atoms with E-state index in [0.29, 0.717) is 6.42 Å². The van der Waals surface area contributed by atoms with Crippen molar-refractivity contribution < 1.29 is 9.53 Å². The van der Waals surface area contributed by atoms with E-state index in [2.05, 4.69) is 82.1 Å². The number of nitrogens with one attached hydrogen (secondary N) is 1. The van der Waals surface area contributed by atoms with Crippen molar-refractivity contribution in [2.24, 2.45) is 0 Å². The van der Waals surface area contributed by atoms with Gasteiger partial charge in [-0.2, -0.15) is 0 Å². The van der Waals surface area contributed by atoms with E-state index in [1.54, 1.807) is 0 Å². The van der Waals surface area contributed by atoms with Crippen LogP contribution in [0, 0.1) is 0 Å². The van der Waals surface area contributed by atoms with E-state index in [9.17, 15) is 4.79 Å². The lowest BCUT2D eigenvalue weighted by Crippen LogP contribution is -2.37. The van der Waals surface area contributed by atoms with E-state index >= 15 is 0 Å². The van der Waals surface area contributed by atoms with Gasteiger partial charge in [0.25, 0.3) is 5.91 Å². The topological polar surface area (TPSA) is 41.6 Å². The van der Waals surface area contributed by atoms with Gasteiger partial charge in [-0.1, -0.05) is 84.4 Å². The van der Waals surface area contributed by atoms with Crippen molar-refractivity contribution in [1.82, 2.24) is 0 Å². The van der Waals surface area contributed by atoms with Gasteiger partial charge >= 0.3 is 0 Å². The zero-order chi connectivity index (χ0) is 28.5. The zero-order valence-corrected chi connectivity index (χ0v) is 25.4. The number of ether oxygens (including phenoxy) is 1. The summed E-state index contributed by atoms with van der Waals surface area (Å²) in [7, 11) is 2.05. The largest absolute Gasteiger partial charge is 0.480 e. The SMILES string of the molecule is CCC(Oc1ccc(C(C)(C)CC)cc1C(C)(C)CC)C(=O)Nc1ccc2c(c1)C=C1C=CC=C(Cl)C1N2C. The number of halogens is 1. The van der Waals surface area contributed by atoms with Gasteiger partial charge in [-0.3, -0.25) is 4.79 Å². The van der Waals surface area contributed by atoms with Crippen LogP contribution >= 0.6 is 11.6 Å². The van der Waals surface area contributed by atoms with E-state index in [1.807, 2.05) is 44.3 Å². The number of nitrogens with zero attached hydrogens (tertiary/aromatic N) is 1. The molecule has 0 aromatic heterocycles. The number of anilines is 2. The van der Waals surface area contributed by atoms with Crippen LogP contribution in [0.1, 0.15) is 84.4 Å². The molecule has 0 saturated heterocycles. The van der Waals surface area contributed by atoms with Crippen LogP contribution in [0.5, 0.6) is 5.75 Å². The molecule has 0 bridgehead atoms. The van der Waals surface area contributed by atoms with E-state index in [-0.39, 0.29) is 22.8 Å². The predicted octanol–water partition coefficient (Wildman–Crippen LogP) is 8.75. The first kappa shape index (κ1) is 29.0. The first-order valence-electron chi connectivity index (χ1n) is 14.2. The molecule has 5 heteroatoms. The van der Waals surface area contributed by atoms with Crippen molar-refractivity contribution in [2.75, 3.05) is 17.3 Å².